The Balaban J connectivity index is 2.39. The third kappa shape index (κ3) is 2.11. The van der Waals surface area contributed by atoms with Crippen molar-refractivity contribution < 1.29 is 4.74 Å². The lowest BCUT2D eigenvalue weighted by Crippen LogP contribution is -2.08. The number of hydrogen-bond donors (Lipinski definition) is 1. The Morgan fingerprint density at radius 3 is 2.87 bits per heavy atom. The quantitative estimate of drug-likeness (QED) is 0.836. The van der Waals surface area contributed by atoms with E-state index < -0.39 is 0 Å². The summed E-state index contributed by atoms with van der Waals surface area (Å²) < 4.78 is 5.41. The van der Waals surface area contributed by atoms with Crippen molar-refractivity contribution in [3.63, 3.8) is 0 Å². The van der Waals surface area contributed by atoms with Crippen LogP contribution in [-0.2, 0) is 0 Å². The maximum atomic E-state index is 6.15. The molecule has 0 spiro atoms. The van der Waals surface area contributed by atoms with Crippen LogP contribution in [0.2, 0.25) is 5.02 Å². The van der Waals surface area contributed by atoms with Crippen LogP contribution < -0.4 is 10.1 Å². The molecule has 1 N–H and O–H groups in total. The van der Waals surface area contributed by atoms with E-state index in [1.807, 2.05) is 19.1 Å². The number of methoxy groups -OCH3 is 1. The van der Waals surface area contributed by atoms with Gasteiger partial charge in [-0.1, -0.05) is 11.6 Å². The molecular formula is C12H16ClNO. The zero-order valence-electron chi connectivity index (χ0n) is 9.14. The summed E-state index contributed by atoms with van der Waals surface area (Å²) in [5.41, 5.74) is 2.31. The van der Waals surface area contributed by atoms with E-state index in [4.69, 9.17) is 16.3 Å². The number of hydrogen-bond acceptors (Lipinski definition) is 2. The molecule has 1 aromatic carbocycles. The molecule has 0 bridgehead atoms. The highest BCUT2D eigenvalue weighted by Gasteiger charge is 2.21. The summed E-state index contributed by atoms with van der Waals surface area (Å²) in [6.07, 6.45) is 1.16. The Kier molecular flexibility index (Phi) is 3.17. The standard InChI is InChI=1S/C12H16ClNO/c1-8-5-12(15-2)10(6-11(8)13)9-3-4-14-7-9/h5-6,9,14H,3-4,7H2,1-2H3. The van der Waals surface area contributed by atoms with Crippen LogP contribution in [0.25, 0.3) is 0 Å². The lowest BCUT2D eigenvalue weighted by Gasteiger charge is -2.15. The van der Waals surface area contributed by atoms with Crippen LogP contribution in [0, 0.1) is 6.92 Å². The van der Waals surface area contributed by atoms with E-state index in [9.17, 15) is 0 Å². The molecule has 1 aliphatic heterocycles. The molecule has 0 amide bonds. The molecule has 2 nitrogen and oxygen atoms in total. The molecule has 1 heterocycles. The molecule has 3 heteroatoms. The Bertz CT molecular complexity index is 359. The third-order valence-corrected chi connectivity index (χ3v) is 3.42. The van der Waals surface area contributed by atoms with Crippen LogP contribution in [0.15, 0.2) is 12.1 Å². The molecule has 0 aliphatic carbocycles. The van der Waals surface area contributed by atoms with Crippen LogP contribution >= 0.6 is 11.6 Å². The van der Waals surface area contributed by atoms with Crippen molar-refractivity contribution in [1.29, 1.82) is 0 Å². The highest BCUT2D eigenvalue weighted by molar-refractivity contribution is 6.31. The van der Waals surface area contributed by atoms with E-state index in [0.717, 1.165) is 35.8 Å². The fraction of sp³-hybridized carbons (Fsp3) is 0.500. The van der Waals surface area contributed by atoms with Crippen molar-refractivity contribution in [2.75, 3.05) is 20.2 Å². The summed E-state index contributed by atoms with van der Waals surface area (Å²) in [6, 6.07) is 4.07. The number of aryl methyl sites for hydroxylation is 1. The largest absolute Gasteiger partial charge is 0.496 e. The maximum absolute atomic E-state index is 6.15. The number of benzene rings is 1. The second-order valence-electron chi connectivity index (χ2n) is 4.03. The average Bonchev–Trinajstić information content (AvgIpc) is 2.74. The zero-order valence-corrected chi connectivity index (χ0v) is 9.90. The van der Waals surface area contributed by atoms with Gasteiger partial charge in [0, 0.05) is 17.5 Å². The van der Waals surface area contributed by atoms with Gasteiger partial charge < -0.3 is 10.1 Å². The fourth-order valence-electron chi connectivity index (χ4n) is 2.09. The van der Waals surface area contributed by atoms with Crippen molar-refractivity contribution in [3.8, 4) is 5.75 Å². The van der Waals surface area contributed by atoms with Gasteiger partial charge in [0.15, 0.2) is 0 Å². The smallest absolute Gasteiger partial charge is 0.122 e. The summed E-state index contributed by atoms with van der Waals surface area (Å²) in [6.45, 7) is 4.11. The molecule has 1 aromatic rings. The van der Waals surface area contributed by atoms with E-state index in [2.05, 4.69) is 5.32 Å². The molecule has 2 rings (SSSR count). The molecule has 15 heavy (non-hydrogen) atoms. The van der Waals surface area contributed by atoms with Crippen molar-refractivity contribution in [3.05, 3.63) is 28.3 Å². The minimum absolute atomic E-state index is 0.540. The van der Waals surface area contributed by atoms with Gasteiger partial charge in [0.25, 0.3) is 0 Å². The second kappa shape index (κ2) is 4.42. The number of halogens is 1. The molecule has 82 valence electrons. The van der Waals surface area contributed by atoms with E-state index >= 15 is 0 Å². The molecule has 1 fully saturated rings. The highest BCUT2D eigenvalue weighted by Crippen LogP contribution is 2.34. The summed E-state index contributed by atoms with van der Waals surface area (Å²) in [5.74, 6) is 1.50. The van der Waals surface area contributed by atoms with Crippen LogP contribution in [0.1, 0.15) is 23.5 Å². The van der Waals surface area contributed by atoms with Crippen LogP contribution in [0.5, 0.6) is 5.75 Å². The number of ether oxygens (including phenoxy) is 1. The fourth-order valence-corrected chi connectivity index (χ4v) is 2.26. The Hall–Kier alpha value is -0.730. The first-order valence-corrected chi connectivity index (χ1v) is 5.65. The predicted molar refractivity (Wildman–Crippen MR) is 63.0 cm³/mol. The monoisotopic (exact) mass is 225 g/mol. The SMILES string of the molecule is COc1cc(C)c(Cl)cc1C1CCNC1. The molecule has 0 radical (unpaired) electrons. The van der Waals surface area contributed by atoms with Crippen LogP contribution in [0.4, 0.5) is 0 Å². The number of rotatable bonds is 2. The summed E-state index contributed by atoms with van der Waals surface area (Å²) in [7, 11) is 1.72. The lowest BCUT2D eigenvalue weighted by atomic mass is 9.96. The zero-order chi connectivity index (χ0) is 10.8. The summed E-state index contributed by atoms with van der Waals surface area (Å²) in [5, 5.41) is 4.19. The average molecular weight is 226 g/mol. The highest BCUT2D eigenvalue weighted by atomic mass is 35.5. The number of nitrogens with one attached hydrogen (secondary N) is 1. The predicted octanol–water partition coefficient (Wildman–Crippen LogP) is 2.73. The lowest BCUT2D eigenvalue weighted by molar-refractivity contribution is 0.406. The first-order valence-electron chi connectivity index (χ1n) is 5.27. The van der Waals surface area contributed by atoms with Crippen molar-refractivity contribution in [2.24, 2.45) is 0 Å². The minimum atomic E-state index is 0.540. The molecule has 1 saturated heterocycles. The molecule has 0 aromatic heterocycles. The Labute approximate surface area is 95.6 Å². The van der Waals surface area contributed by atoms with Gasteiger partial charge in [0.05, 0.1) is 7.11 Å². The summed E-state index contributed by atoms with van der Waals surface area (Å²) in [4.78, 5) is 0. The van der Waals surface area contributed by atoms with Crippen LogP contribution in [-0.4, -0.2) is 20.2 Å². The Morgan fingerprint density at radius 2 is 2.27 bits per heavy atom. The summed E-state index contributed by atoms with van der Waals surface area (Å²) >= 11 is 6.15. The molecule has 0 saturated carbocycles. The molecule has 1 atom stereocenters. The van der Waals surface area contributed by atoms with Gasteiger partial charge in [-0.2, -0.15) is 0 Å². The topological polar surface area (TPSA) is 21.3 Å². The van der Waals surface area contributed by atoms with E-state index in [-0.39, 0.29) is 0 Å². The van der Waals surface area contributed by atoms with Gasteiger partial charge in [-0.15, -0.1) is 0 Å². The third-order valence-electron chi connectivity index (χ3n) is 3.01. The van der Waals surface area contributed by atoms with Crippen molar-refractivity contribution in [1.82, 2.24) is 5.32 Å². The van der Waals surface area contributed by atoms with Gasteiger partial charge in [-0.25, -0.2) is 0 Å². The van der Waals surface area contributed by atoms with Gasteiger partial charge in [-0.3, -0.25) is 0 Å². The van der Waals surface area contributed by atoms with Gasteiger partial charge in [0.1, 0.15) is 5.75 Å². The van der Waals surface area contributed by atoms with Gasteiger partial charge >= 0.3 is 0 Å². The minimum Gasteiger partial charge on any atom is -0.496 e. The van der Waals surface area contributed by atoms with Crippen molar-refractivity contribution in [2.45, 2.75) is 19.3 Å². The maximum Gasteiger partial charge on any atom is 0.122 e. The van der Waals surface area contributed by atoms with Crippen LogP contribution in [0.3, 0.4) is 0 Å². The van der Waals surface area contributed by atoms with E-state index in [0.29, 0.717) is 5.92 Å². The molecule has 1 unspecified atom stereocenters. The Morgan fingerprint density at radius 1 is 1.47 bits per heavy atom. The normalized spacial score (nSPS) is 20.6. The van der Waals surface area contributed by atoms with E-state index in [1.54, 1.807) is 7.11 Å². The first kappa shape index (κ1) is 10.8. The second-order valence-corrected chi connectivity index (χ2v) is 4.44. The van der Waals surface area contributed by atoms with Crippen molar-refractivity contribution >= 4 is 11.6 Å². The molecule has 1 aliphatic rings. The van der Waals surface area contributed by atoms with Gasteiger partial charge in [-0.05, 0) is 43.1 Å². The van der Waals surface area contributed by atoms with E-state index in [1.165, 1.54) is 5.56 Å². The first-order chi connectivity index (χ1) is 7.22. The molecular weight excluding hydrogens is 210 g/mol. The van der Waals surface area contributed by atoms with Gasteiger partial charge in [0.2, 0.25) is 0 Å².